The van der Waals surface area contributed by atoms with Gasteiger partial charge >= 0.3 is 0 Å². The van der Waals surface area contributed by atoms with Gasteiger partial charge in [-0.2, -0.15) is 5.10 Å². The molecule has 8 heteroatoms. The fourth-order valence-electron chi connectivity index (χ4n) is 2.65. The fourth-order valence-corrected chi connectivity index (χ4v) is 3.49. The average Bonchev–Trinajstić information content (AvgIpc) is 2.78. The first-order chi connectivity index (χ1) is 15.0. The minimum Gasteiger partial charge on any atom is -0.493 e. The molecule has 0 aromatic heterocycles. The first kappa shape index (κ1) is 22.8. The second-order valence-electron chi connectivity index (χ2n) is 6.46. The number of carbonyl (C=O) groups excluding carboxylic acids is 1. The molecule has 3 aromatic carbocycles. The van der Waals surface area contributed by atoms with Crippen LogP contribution in [-0.2, 0) is 11.4 Å². The molecule has 0 unspecified atom stereocenters. The molecule has 0 saturated carbocycles. The van der Waals surface area contributed by atoms with Gasteiger partial charge in [0.2, 0.25) is 0 Å². The Labute approximate surface area is 197 Å². The third-order valence-electron chi connectivity index (χ3n) is 4.18. The van der Waals surface area contributed by atoms with Gasteiger partial charge in [-0.25, -0.2) is 5.43 Å². The number of ether oxygens (including phenoxy) is 2. The van der Waals surface area contributed by atoms with E-state index in [1.807, 2.05) is 60.7 Å². The summed E-state index contributed by atoms with van der Waals surface area (Å²) in [5, 5.41) is 7.04. The Bertz CT molecular complexity index is 1040. The van der Waals surface area contributed by atoms with Crippen molar-refractivity contribution in [2.45, 2.75) is 6.61 Å². The summed E-state index contributed by atoms with van der Waals surface area (Å²) in [5.41, 5.74) is 5.15. The number of anilines is 1. The Morgan fingerprint density at radius 1 is 1.06 bits per heavy atom. The van der Waals surface area contributed by atoms with Crippen LogP contribution in [0.25, 0.3) is 0 Å². The van der Waals surface area contributed by atoms with Gasteiger partial charge in [-0.05, 0) is 63.5 Å². The quantitative estimate of drug-likeness (QED) is 0.280. The summed E-state index contributed by atoms with van der Waals surface area (Å²) in [4.78, 5) is 11.9. The van der Waals surface area contributed by atoms with Crippen molar-refractivity contribution < 1.29 is 14.3 Å². The lowest BCUT2D eigenvalue weighted by molar-refractivity contribution is -0.119. The number of hydrogen-bond acceptors (Lipinski definition) is 5. The van der Waals surface area contributed by atoms with Gasteiger partial charge in [-0.15, -0.1) is 0 Å². The van der Waals surface area contributed by atoms with Gasteiger partial charge < -0.3 is 14.8 Å². The molecule has 160 valence electrons. The summed E-state index contributed by atoms with van der Waals surface area (Å²) in [6.45, 7) is 0.525. The second kappa shape index (κ2) is 11.5. The Kier molecular flexibility index (Phi) is 8.49. The highest BCUT2D eigenvalue weighted by Gasteiger charge is 2.12. The summed E-state index contributed by atoms with van der Waals surface area (Å²) in [7, 11) is 1.58. The Hall–Kier alpha value is -2.84. The van der Waals surface area contributed by atoms with Crippen LogP contribution in [0.1, 0.15) is 11.1 Å². The zero-order valence-corrected chi connectivity index (χ0v) is 19.9. The van der Waals surface area contributed by atoms with E-state index in [2.05, 4.69) is 47.7 Å². The van der Waals surface area contributed by atoms with E-state index in [0.717, 1.165) is 25.8 Å². The van der Waals surface area contributed by atoms with Crippen LogP contribution in [0.15, 0.2) is 80.8 Å². The molecule has 0 saturated heterocycles. The predicted molar refractivity (Wildman–Crippen MR) is 130 cm³/mol. The molecule has 0 aliphatic carbocycles. The van der Waals surface area contributed by atoms with Gasteiger partial charge in [-0.1, -0.05) is 46.3 Å². The molecule has 3 rings (SSSR count). The standard InChI is InChI=1S/C23H21Br2N3O3/c1-30-21-12-17(13-27-28-22(29)14-26-19-5-3-2-4-6-19)11-20(25)23(21)31-15-16-7-9-18(24)10-8-16/h2-13,26H,14-15H2,1H3,(H,28,29)/b27-13-. The van der Waals surface area contributed by atoms with E-state index in [9.17, 15) is 4.79 Å². The smallest absolute Gasteiger partial charge is 0.259 e. The summed E-state index contributed by atoms with van der Waals surface area (Å²) in [6, 6.07) is 21.0. The molecule has 3 aromatic rings. The lowest BCUT2D eigenvalue weighted by Crippen LogP contribution is -2.25. The highest BCUT2D eigenvalue weighted by molar-refractivity contribution is 9.10. The third-order valence-corrected chi connectivity index (χ3v) is 5.30. The molecule has 2 N–H and O–H groups in total. The first-order valence-corrected chi connectivity index (χ1v) is 11.0. The fraction of sp³-hybridized carbons (Fsp3) is 0.130. The van der Waals surface area contributed by atoms with Crippen molar-refractivity contribution >= 4 is 49.7 Å². The molecule has 0 heterocycles. The van der Waals surface area contributed by atoms with Crippen molar-refractivity contribution in [3.05, 3.63) is 86.8 Å². The van der Waals surface area contributed by atoms with Crippen molar-refractivity contribution in [3.63, 3.8) is 0 Å². The Balaban J connectivity index is 1.58. The van der Waals surface area contributed by atoms with E-state index >= 15 is 0 Å². The molecule has 1 amide bonds. The molecular formula is C23H21Br2N3O3. The molecule has 0 radical (unpaired) electrons. The molecule has 6 nitrogen and oxygen atoms in total. The van der Waals surface area contributed by atoms with Crippen LogP contribution in [0.2, 0.25) is 0 Å². The Morgan fingerprint density at radius 3 is 2.52 bits per heavy atom. The van der Waals surface area contributed by atoms with E-state index in [4.69, 9.17) is 9.47 Å². The van der Waals surface area contributed by atoms with E-state index < -0.39 is 0 Å². The monoisotopic (exact) mass is 545 g/mol. The highest BCUT2D eigenvalue weighted by atomic mass is 79.9. The number of nitrogens with zero attached hydrogens (tertiary/aromatic N) is 1. The van der Waals surface area contributed by atoms with Crippen LogP contribution in [0.5, 0.6) is 11.5 Å². The minimum absolute atomic E-state index is 0.122. The topological polar surface area (TPSA) is 72.0 Å². The number of hydrogen-bond donors (Lipinski definition) is 2. The SMILES string of the molecule is COc1cc(/C=N\NC(=O)CNc2ccccc2)cc(Br)c1OCc1ccc(Br)cc1. The number of halogens is 2. The third kappa shape index (κ3) is 7.11. The van der Waals surface area contributed by atoms with Crippen molar-refractivity contribution in [2.24, 2.45) is 5.10 Å². The van der Waals surface area contributed by atoms with E-state index in [1.165, 1.54) is 0 Å². The lowest BCUT2D eigenvalue weighted by Gasteiger charge is -2.13. The number of methoxy groups -OCH3 is 1. The Morgan fingerprint density at radius 2 is 1.81 bits per heavy atom. The number of amides is 1. The lowest BCUT2D eigenvalue weighted by atomic mass is 10.2. The molecule has 0 aliphatic heterocycles. The van der Waals surface area contributed by atoms with Crippen molar-refractivity contribution in [3.8, 4) is 11.5 Å². The zero-order valence-electron chi connectivity index (χ0n) is 16.8. The number of carbonyl (C=O) groups is 1. The minimum atomic E-state index is -0.249. The van der Waals surface area contributed by atoms with Crippen LogP contribution < -0.4 is 20.2 Å². The number of hydrazone groups is 1. The number of nitrogens with one attached hydrogen (secondary N) is 2. The number of para-hydroxylation sites is 1. The molecule has 0 spiro atoms. The largest absolute Gasteiger partial charge is 0.493 e. The molecule has 0 aliphatic rings. The van der Waals surface area contributed by atoms with Crippen LogP contribution in [0.3, 0.4) is 0 Å². The van der Waals surface area contributed by atoms with E-state index in [1.54, 1.807) is 19.4 Å². The van der Waals surface area contributed by atoms with Gasteiger partial charge in [0.05, 0.1) is 24.3 Å². The maximum Gasteiger partial charge on any atom is 0.259 e. The predicted octanol–water partition coefficient (Wildman–Crippen LogP) is 5.36. The number of benzene rings is 3. The van der Waals surface area contributed by atoms with Gasteiger partial charge in [0.15, 0.2) is 11.5 Å². The first-order valence-electron chi connectivity index (χ1n) is 9.41. The second-order valence-corrected chi connectivity index (χ2v) is 8.23. The van der Waals surface area contributed by atoms with Gasteiger partial charge in [0, 0.05) is 10.2 Å². The number of rotatable bonds is 9. The van der Waals surface area contributed by atoms with Crippen LogP contribution in [-0.4, -0.2) is 25.8 Å². The van der Waals surface area contributed by atoms with Gasteiger partial charge in [-0.3, -0.25) is 4.79 Å². The average molecular weight is 547 g/mol. The zero-order chi connectivity index (χ0) is 22.1. The van der Waals surface area contributed by atoms with Crippen molar-refractivity contribution in [1.29, 1.82) is 0 Å². The summed E-state index contributed by atoms with van der Waals surface area (Å²) < 4.78 is 13.2. The molecule has 0 fully saturated rings. The van der Waals surface area contributed by atoms with Crippen molar-refractivity contribution in [1.82, 2.24) is 5.43 Å². The summed E-state index contributed by atoms with van der Waals surface area (Å²) in [5.74, 6) is 0.907. The molecule has 0 bridgehead atoms. The normalized spacial score (nSPS) is 10.7. The highest BCUT2D eigenvalue weighted by Crippen LogP contribution is 2.36. The van der Waals surface area contributed by atoms with Gasteiger partial charge in [0.1, 0.15) is 6.61 Å². The van der Waals surface area contributed by atoms with Crippen molar-refractivity contribution in [2.75, 3.05) is 19.0 Å². The summed E-state index contributed by atoms with van der Waals surface area (Å²) in [6.07, 6.45) is 1.55. The van der Waals surface area contributed by atoms with Crippen LogP contribution in [0.4, 0.5) is 5.69 Å². The van der Waals surface area contributed by atoms with Crippen LogP contribution >= 0.6 is 31.9 Å². The molecular weight excluding hydrogens is 526 g/mol. The molecule has 31 heavy (non-hydrogen) atoms. The van der Waals surface area contributed by atoms with Gasteiger partial charge in [0.25, 0.3) is 5.91 Å². The van der Waals surface area contributed by atoms with E-state index in [0.29, 0.717) is 18.1 Å². The molecule has 0 atom stereocenters. The maximum atomic E-state index is 11.9. The maximum absolute atomic E-state index is 11.9. The summed E-state index contributed by atoms with van der Waals surface area (Å²) >= 11 is 6.95. The van der Waals surface area contributed by atoms with Crippen LogP contribution in [0, 0.1) is 0 Å². The van der Waals surface area contributed by atoms with E-state index in [-0.39, 0.29) is 12.5 Å².